The summed E-state index contributed by atoms with van der Waals surface area (Å²) in [6.07, 6.45) is 22.7. The molecule has 2 aliphatic rings. The van der Waals surface area contributed by atoms with E-state index in [4.69, 9.17) is 37.5 Å². The lowest BCUT2D eigenvalue weighted by Crippen LogP contribution is -2.68. The van der Waals surface area contributed by atoms with Gasteiger partial charge in [0, 0.05) is 6.42 Å². The standard InChI is InChI=1S/C80H152N2O24P2/c1-6-11-16-21-26-31-36-41-46-51-62(84)56-68(87)81-73-77(103-71(90)58-64(86)53-48-43-38-33-28-23-18-13-8-3)75(92)67(102-80(73)106-108(96,97)98)61-99-79-74(82-69(88)57-63(85)52-47-42-37-32-27-22-17-12-7-2)78(76(66(60-83)101-79)105-107(93,94)95)104-72(91)59-65(54-49-44-39-34-29-24-19-14-9-4)100-70(89)55-50-45-40-35-30-25-20-15-10-5/h62-67,73-80,83-86,92H,6-61H2,1-5H3,(H,81,87)(H,82,88)(H2,93,94,95)(H2,96,97,98)/t62?,63?,64?,65?,66?,67?,73?,74?,75-,76-,77-,78-,79-,80+/m1/s1. The molecule has 2 rings (SSSR count). The number of phosphoric ester groups is 2. The van der Waals surface area contributed by atoms with Crippen molar-refractivity contribution in [1.82, 2.24) is 10.6 Å². The summed E-state index contributed by atoms with van der Waals surface area (Å²) in [5, 5.41) is 62.0. The molecular weight excluding hydrogens is 1430 g/mol. The third kappa shape index (κ3) is 51.2. The van der Waals surface area contributed by atoms with Gasteiger partial charge in [-0.1, -0.05) is 311 Å². The molecule has 0 saturated carbocycles. The molecule has 0 spiro atoms. The van der Waals surface area contributed by atoms with Crippen LogP contribution >= 0.6 is 15.6 Å². The van der Waals surface area contributed by atoms with Crippen LogP contribution in [0.2, 0.25) is 0 Å². The molecule has 28 heteroatoms. The third-order valence-electron chi connectivity index (χ3n) is 20.6. The van der Waals surface area contributed by atoms with Crippen LogP contribution in [0.25, 0.3) is 0 Å². The van der Waals surface area contributed by atoms with Crippen molar-refractivity contribution in [2.45, 2.75) is 467 Å². The molecule has 11 N–H and O–H groups in total. The number of ether oxygens (including phenoxy) is 6. The number of amides is 2. The largest absolute Gasteiger partial charge is 0.472 e. The topological polar surface area (TPSA) is 399 Å². The van der Waals surface area contributed by atoms with Gasteiger partial charge in [-0.25, -0.2) is 9.13 Å². The highest BCUT2D eigenvalue weighted by atomic mass is 31.2. The first kappa shape index (κ1) is 101. The smallest absolute Gasteiger partial charge is 0.462 e. The van der Waals surface area contributed by atoms with Gasteiger partial charge in [0.25, 0.3) is 0 Å². The van der Waals surface area contributed by atoms with Crippen LogP contribution < -0.4 is 10.6 Å². The number of aliphatic hydroxyl groups is 5. The number of phosphoric acid groups is 2. The molecule has 8 unspecified atom stereocenters. The van der Waals surface area contributed by atoms with E-state index in [1.165, 1.54) is 44.9 Å². The maximum Gasteiger partial charge on any atom is 0.472 e. The number of hydrogen-bond donors (Lipinski definition) is 11. The lowest BCUT2D eigenvalue weighted by Gasteiger charge is -2.47. The zero-order valence-electron chi connectivity index (χ0n) is 67.2. The summed E-state index contributed by atoms with van der Waals surface area (Å²) in [5.41, 5.74) is 0. The Kier molecular flexibility index (Phi) is 59.6. The van der Waals surface area contributed by atoms with Crippen molar-refractivity contribution in [3.05, 3.63) is 0 Å². The summed E-state index contributed by atoms with van der Waals surface area (Å²) >= 11 is 0. The molecule has 2 heterocycles. The minimum Gasteiger partial charge on any atom is -0.462 e. The molecule has 2 amide bonds. The highest BCUT2D eigenvalue weighted by Crippen LogP contribution is 2.44. The van der Waals surface area contributed by atoms with Crippen LogP contribution in [-0.2, 0) is 70.6 Å². The van der Waals surface area contributed by atoms with Gasteiger partial charge in [-0.05, 0) is 38.5 Å². The number of rotatable bonds is 71. The van der Waals surface area contributed by atoms with E-state index in [-0.39, 0.29) is 32.1 Å². The SMILES string of the molecule is CCCCCCCCCCCC(=O)OC(CCCCCCCCCCC)CC(=O)O[C@@H]1C(NC(=O)CC(O)CCCCCCCCCCC)[C@H](OCC2O[C@@H](OP(=O)(O)O)C(NC(=O)CC(O)CCCCCCCCCCC)[C@@H](OC(=O)CC(O)CCCCCCCCCCC)[C@@H]2O)OC(CO)[C@H]1OP(=O)(O)O. The second-order valence-corrected chi connectivity index (χ2v) is 33.2. The Balaban J connectivity index is 2.68. The van der Waals surface area contributed by atoms with Crippen LogP contribution in [0.1, 0.15) is 381 Å². The fraction of sp³-hybridized carbons (Fsp3) is 0.938. The zero-order chi connectivity index (χ0) is 79.6. The Bertz CT molecular complexity index is 2370. The Morgan fingerprint density at radius 2 is 0.704 bits per heavy atom. The number of hydrogen-bond acceptors (Lipinski definition) is 20. The number of esters is 3. The van der Waals surface area contributed by atoms with Crippen LogP contribution in [0.4, 0.5) is 0 Å². The van der Waals surface area contributed by atoms with Crippen LogP contribution in [0.3, 0.4) is 0 Å². The van der Waals surface area contributed by atoms with E-state index in [9.17, 15) is 78.2 Å². The third-order valence-corrected chi connectivity index (χ3v) is 21.6. The molecule has 0 bridgehead atoms. The number of nitrogens with one attached hydrogen (secondary N) is 2. The Morgan fingerprint density at radius 3 is 1.08 bits per heavy atom. The molecule has 2 aliphatic heterocycles. The van der Waals surface area contributed by atoms with Gasteiger partial charge in [-0.3, -0.25) is 33.0 Å². The van der Waals surface area contributed by atoms with Gasteiger partial charge in [0.05, 0.1) is 57.2 Å². The molecule has 0 aliphatic carbocycles. The summed E-state index contributed by atoms with van der Waals surface area (Å²) in [7, 11) is -11.3. The molecule has 0 aromatic carbocycles. The summed E-state index contributed by atoms with van der Waals surface area (Å²) in [4.78, 5) is 112. The van der Waals surface area contributed by atoms with E-state index in [1.54, 1.807) is 0 Å². The van der Waals surface area contributed by atoms with Crippen LogP contribution in [-0.4, -0.2) is 174 Å². The van der Waals surface area contributed by atoms with E-state index in [0.717, 1.165) is 212 Å². The van der Waals surface area contributed by atoms with Gasteiger partial charge in [0.1, 0.15) is 42.6 Å². The van der Waals surface area contributed by atoms with E-state index in [0.29, 0.717) is 32.1 Å². The minimum absolute atomic E-state index is 0.0871. The van der Waals surface area contributed by atoms with Crippen LogP contribution in [0.5, 0.6) is 0 Å². The molecule has 2 fully saturated rings. The molecule has 0 aromatic rings. The van der Waals surface area contributed by atoms with Gasteiger partial charge < -0.3 is 84.2 Å². The Hall–Kier alpha value is -2.75. The molecule has 108 heavy (non-hydrogen) atoms. The number of carbonyl (C=O) groups excluding carboxylic acids is 5. The van der Waals surface area contributed by atoms with E-state index in [1.807, 2.05) is 0 Å². The number of aliphatic hydroxyl groups excluding tert-OH is 5. The number of unbranched alkanes of at least 4 members (excludes halogenated alkanes) is 40. The second kappa shape index (κ2) is 63.5. The van der Waals surface area contributed by atoms with Crippen molar-refractivity contribution in [1.29, 1.82) is 0 Å². The summed E-state index contributed by atoms with van der Waals surface area (Å²) in [5.74, 6) is -4.53. The predicted molar refractivity (Wildman–Crippen MR) is 416 cm³/mol. The van der Waals surface area contributed by atoms with Crippen molar-refractivity contribution >= 4 is 45.4 Å². The quantitative estimate of drug-likeness (QED) is 0.0117. The molecule has 0 radical (unpaired) electrons. The van der Waals surface area contributed by atoms with E-state index in [2.05, 4.69) is 45.3 Å². The van der Waals surface area contributed by atoms with E-state index >= 15 is 0 Å². The first-order valence-electron chi connectivity index (χ1n) is 42.8. The maximum absolute atomic E-state index is 14.7. The van der Waals surface area contributed by atoms with Gasteiger partial charge >= 0.3 is 33.6 Å². The molecule has 0 aromatic heterocycles. The van der Waals surface area contributed by atoms with Gasteiger partial charge in [-0.15, -0.1) is 0 Å². The Labute approximate surface area is 649 Å². The monoisotopic (exact) mass is 1590 g/mol. The molecule has 2 saturated heterocycles. The molecule has 26 nitrogen and oxygen atoms in total. The average Bonchev–Trinajstić information content (AvgIpc) is 0.781. The highest BCUT2D eigenvalue weighted by molar-refractivity contribution is 7.46. The van der Waals surface area contributed by atoms with E-state index < -0.39 is 170 Å². The molecule has 14 atom stereocenters. The summed E-state index contributed by atoms with van der Waals surface area (Å²) in [6.45, 7) is 8.70. The van der Waals surface area contributed by atoms with Crippen molar-refractivity contribution in [2.24, 2.45) is 0 Å². The van der Waals surface area contributed by atoms with Crippen LogP contribution in [0, 0.1) is 0 Å². The summed E-state index contributed by atoms with van der Waals surface area (Å²) < 4.78 is 72.6. The second-order valence-electron chi connectivity index (χ2n) is 30.8. The van der Waals surface area contributed by atoms with Crippen molar-refractivity contribution < 1.29 is 116 Å². The fourth-order valence-electron chi connectivity index (χ4n) is 14.3. The first-order valence-corrected chi connectivity index (χ1v) is 45.8. The Morgan fingerprint density at radius 1 is 0.380 bits per heavy atom. The highest BCUT2D eigenvalue weighted by Gasteiger charge is 2.55. The fourth-order valence-corrected chi connectivity index (χ4v) is 15.3. The normalized spacial score (nSPS) is 21.6. The first-order chi connectivity index (χ1) is 51.9. The molecular formula is C80H152N2O24P2. The minimum atomic E-state index is -5.64. The average molecular weight is 1590 g/mol. The van der Waals surface area contributed by atoms with Crippen molar-refractivity contribution in [3.63, 3.8) is 0 Å². The van der Waals surface area contributed by atoms with Gasteiger partial charge in [-0.2, -0.15) is 0 Å². The number of carbonyl (C=O) groups is 5. The van der Waals surface area contributed by atoms with Gasteiger partial charge in [0.2, 0.25) is 11.8 Å². The molecule has 636 valence electrons. The summed E-state index contributed by atoms with van der Waals surface area (Å²) in [6, 6.07) is -3.80. The van der Waals surface area contributed by atoms with Gasteiger partial charge in [0.15, 0.2) is 24.8 Å². The lowest BCUT2D eigenvalue weighted by atomic mass is 9.95. The van der Waals surface area contributed by atoms with Crippen molar-refractivity contribution in [3.8, 4) is 0 Å². The lowest BCUT2D eigenvalue weighted by molar-refractivity contribution is -0.297. The predicted octanol–water partition coefficient (Wildman–Crippen LogP) is 15.3. The van der Waals surface area contributed by atoms with Crippen molar-refractivity contribution in [2.75, 3.05) is 13.2 Å². The zero-order valence-corrected chi connectivity index (χ0v) is 69.0. The van der Waals surface area contributed by atoms with Crippen LogP contribution in [0.15, 0.2) is 0 Å². The maximum atomic E-state index is 14.7.